The first-order valence-electron chi connectivity index (χ1n) is 7.49. The molecule has 0 saturated carbocycles. The van der Waals surface area contributed by atoms with E-state index in [1.54, 1.807) is 22.3 Å². The molecule has 0 fully saturated rings. The van der Waals surface area contributed by atoms with Crippen molar-refractivity contribution in [3.05, 3.63) is 88.5 Å². The van der Waals surface area contributed by atoms with Gasteiger partial charge in [-0.2, -0.15) is 0 Å². The molecule has 0 heterocycles. The predicted molar refractivity (Wildman–Crippen MR) is 82.6 cm³/mol. The molecule has 0 nitrogen and oxygen atoms in total. The van der Waals surface area contributed by atoms with Crippen molar-refractivity contribution in [2.24, 2.45) is 5.92 Å². The number of fused-ring (bicyclic) bond motifs is 6. The molecule has 5 rings (SSSR count). The molecule has 3 aliphatic rings. The first-order valence-corrected chi connectivity index (χ1v) is 7.49. The zero-order valence-electron chi connectivity index (χ0n) is 11.3. The maximum absolute atomic E-state index is 2.45. The Bertz CT molecular complexity index is 776. The van der Waals surface area contributed by atoms with Gasteiger partial charge in [0.2, 0.25) is 0 Å². The zero-order chi connectivity index (χ0) is 13.1. The van der Waals surface area contributed by atoms with Crippen LogP contribution in [0.2, 0.25) is 0 Å². The van der Waals surface area contributed by atoms with Gasteiger partial charge < -0.3 is 0 Å². The monoisotopic (exact) mass is 256 g/mol. The van der Waals surface area contributed by atoms with Crippen LogP contribution < -0.4 is 0 Å². The van der Waals surface area contributed by atoms with E-state index in [1.807, 2.05) is 0 Å². The van der Waals surface area contributed by atoms with Crippen LogP contribution >= 0.6 is 0 Å². The lowest BCUT2D eigenvalue weighted by Gasteiger charge is -2.24. The van der Waals surface area contributed by atoms with E-state index in [1.165, 1.54) is 17.5 Å². The molecule has 0 spiro atoms. The summed E-state index contributed by atoms with van der Waals surface area (Å²) >= 11 is 0. The molecule has 0 amide bonds. The van der Waals surface area contributed by atoms with Crippen molar-refractivity contribution in [3.63, 3.8) is 0 Å². The Morgan fingerprint density at radius 3 is 2.60 bits per heavy atom. The Labute approximate surface area is 119 Å². The molecule has 0 radical (unpaired) electrons. The van der Waals surface area contributed by atoms with Gasteiger partial charge in [-0.15, -0.1) is 0 Å². The highest BCUT2D eigenvalue weighted by Crippen LogP contribution is 2.52. The van der Waals surface area contributed by atoms with Crippen LogP contribution in [0.25, 0.3) is 5.57 Å². The molecule has 2 atom stereocenters. The van der Waals surface area contributed by atoms with Crippen molar-refractivity contribution in [2.45, 2.75) is 18.8 Å². The zero-order valence-corrected chi connectivity index (χ0v) is 11.3. The summed E-state index contributed by atoms with van der Waals surface area (Å²) in [5.41, 5.74) is 9.30. The summed E-state index contributed by atoms with van der Waals surface area (Å²) < 4.78 is 0. The van der Waals surface area contributed by atoms with Crippen molar-refractivity contribution in [2.75, 3.05) is 0 Å². The van der Waals surface area contributed by atoms with E-state index in [-0.39, 0.29) is 0 Å². The number of hydrogen-bond donors (Lipinski definition) is 0. The van der Waals surface area contributed by atoms with E-state index >= 15 is 0 Å². The smallest absolute Gasteiger partial charge is 0.00961 e. The molecule has 0 N–H and O–H groups in total. The Hall–Kier alpha value is -2.08. The SMILES string of the molecule is C1=CC2c3ccccc3CC2C2=C1Cc1ccccc12. The van der Waals surface area contributed by atoms with Crippen LogP contribution in [0.4, 0.5) is 0 Å². The molecule has 96 valence electrons. The third-order valence-corrected chi connectivity index (χ3v) is 5.20. The second-order valence-electron chi connectivity index (χ2n) is 6.17. The molecule has 0 heteroatoms. The van der Waals surface area contributed by atoms with Gasteiger partial charge in [-0.05, 0) is 52.2 Å². The Morgan fingerprint density at radius 2 is 1.65 bits per heavy atom. The maximum atomic E-state index is 2.45. The van der Waals surface area contributed by atoms with Crippen LogP contribution in [0.3, 0.4) is 0 Å². The van der Waals surface area contributed by atoms with E-state index in [9.17, 15) is 0 Å². The third kappa shape index (κ3) is 1.27. The van der Waals surface area contributed by atoms with Gasteiger partial charge in [0.25, 0.3) is 0 Å². The van der Waals surface area contributed by atoms with Gasteiger partial charge in [-0.1, -0.05) is 60.7 Å². The van der Waals surface area contributed by atoms with Crippen LogP contribution in [0.15, 0.2) is 66.3 Å². The van der Waals surface area contributed by atoms with E-state index in [0.29, 0.717) is 11.8 Å². The van der Waals surface area contributed by atoms with Crippen molar-refractivity contribution >= 4 is 5.57 Å². The van der Waals surface area contributed by atoms with E-state index in [2.05, 4.69) is 60.7 Å². The highest BCUT2D eigenvalue weighted by Gasteiger charge is 2.38. The maximum Gasteiger partial charge on any atom is 0.00961 e. The minimum atomic E-state index is 0.594. The largest absolute Gasteiger partial charge is 0.0761 e. The minimum Gasteiger partial charge on any atom is -0.0761 e. The first-order chi connectivity index (χ1) is 9.92. The van der Waals surface area contributed by atoms with Crippen molar-refractivity contribution in [3.8, 4) is 0 Å². The van der Waals surface area contributed by atoms with Crippen LogP contribution in [-0.4, -0.2) is 0 Å². The third-order valence-electron chi connectivity index (χ3n) is 5.20. The van der Waals surface area contributed by atoms with Crippen LogP contribution in [-0.2, 0) is 12.8 Å². The standard InChI is InChI=1S/C20H16/c1-3-7-16-14(6-1)12-19-18(16)10-9-15-11-13-5-2-4-8-17(13)20(15)19/h1-10,18-19H,11-12H2. The topological polar surface area (TPSA) is 0 Å². The Kier molecular flexibility index (Phi) is 1.99. The summed E-state index contributed by atoms with van der Waals surface area (Å²) in [7, 11) is 0. The molecule has 0 saturated heterocycles. The summed E-state index contributed by atoms with van der Waals surface area (Å²) in [5.74, 6) is 1.26. The Morgan fingerprint density at radius 1 is 0.850 bits per heavy atom. The summed E-state index contributed by atoms with van der Waals surface area (Å²) in [5, 5.41) is 0. The summed E-state index contributed by atoms with van der Waals surface area (Å²) in [4.78, 5) is 0. The van der Waals surface area contributed by atoms with Gasteiger partial charge >= 0.3 is 0 Å². The van der Waals surface area contributed by atoms with E-state index in [4.69, 9.17) is 0 Å². The summed E-state index contributed by atoms with van der Waals surface area (Å²) in [6.45, 7) is 0. The lowest BCUT2D eigenvalue weighted by Crippen LogP contribution is -2.11. The molecular weight excluding hydrogens is 240 g/mol. The molecule has 20 heavy (non-hydrogen) atoms. The van der Waals surface area contributed by atoms with Gasteiger partial charge in [-0.25, -0.2) is 0 Å². The lowest BCUT2D eigenvalue weighted by atomic mass is 9.79. The fraction of sp³-hybridized carbons (Fsp3) is 0.200. The molecule has 2 aromatic rings. The normalized spacial score (nSPS) is 25.2. The lowest BCUT2D eigenvalue weighted by molar-refractivity contribution is 0.647. The van der Waals surface area contributed by atoms with E-state index in [0.717, 1.165) is 6.42 Å². The Balaban J connectivity index is 1.68. The second-order valence-corrected chi connectivity index (χ2v) is 6.17. The predicted octanol–water partition coefficient (Wildman–Crippen LogP) is 4.52. The van der Waals surface area contributed by atoms with Gasteiger partial charge in [0.15, 0.2) is 0 Å². The van der Waals surface area contributed by atoms with Crippen molar-refractivity contribution in [1.29, 1.82) is 0 Å². The first kappa shape index (κ1) is 10.7. The van der Waals surface area contributed by atoms with Gasteiger partial charge in [-0.3, -0.25) is 0 Å². The fourth-order valence-corrected chi connectivity index (χ4v) is 4.36. The molecule has 0 bridgehead atoms. The second kappa shape index (κ2) is 3.73. The van der Waals surface area contributed by atoms with Gasteiger partial charge in [0.1, 0.15) is 0 Å². The van der Waals surface area contributed by atoms with E-state index < -0.39 is 0 Å². The molecular formula is C20H16. The molecule has 0 aliphatic heterocycles. The number of allylic oxidation sites excluding steroid dienone is 4. The number of rotatable bonds is 0. The summed E-state index contributed by atoms with van der Waals surface area (Å²) in [6.07, 6.45) is 7.17. The highest BCUT2D eigenvalue weighted by molar-refractivity contribution is 5.83. The van der Waals surface area contributed by atoms with Crippen LogP contribution in [0, 0.1) is 5.92 Å². The molecule has 2 aromatic carbocycles. The highest BCUT2D eigenvalue weighted by atomic mass is 14.4. The van der Waals surface area contributed by atoms with Gasteiger partial charge in [0.05, 0.1) is 0 Å². The molecule has 3 aliphatic carbocycles. The summed E-state index contributed by atoms with van der Waals surface area (Å²) in [6, 6.07) is 17.9. The average Bonchev–Trinajstić information content (AvgIpc) is 3.04. The van der Waals surface area contributed by atoms with Crippen LogP contribution in [0.5, 0.6) is 0 Å². The van der Waals surface area contributed by atoms with Crippen molar-refractivity contribution < 1.29 is 0 Å². The molecule has 2 unspecified atom stereocenters. The minimum absolute atomic E-state index is 0.594. The average molecular weight is 256 g/mol. The van der Waals surface area contributed by atoms with Gasteiger partial charge in [0, 0.05) is 5.92 Å². The number of hydrogen-bond acceptors (Lipinski definition) is 0. The fourth-order valence-electron chi connectivity index (χ4n) is 4.36. The van der Waals surface area contributed by atoms with Crippen molar-refractivity contribution in [1.82, 2.24) is 0 Å². The quantitative estimate of drug-likeness (QED) is 0.650. The number of benzene rings is 2. The molecule has 0 aromatic heterocycles. The van der Waals surface area contributed by atoms with Crippen LogP contribution in [0.1, 0.15) is 28.2 Å².